The van der Waals surface area contributed by atoms with E-state index in [1.54, 1.807) is 0 Å². The van der Waals surface area contributed by atoms with Crippen molar-refractivity contribution in [2.24, 2.45) is 5.92 Å². The van der Waals surface area contributed by atoms with Crippen molar-refractivity contribution < 1.29 is 4.79 Å². The largest absolute Gasteiger partial charge is 0.352 e. The fraction of sp³-hybridized carbons (Fsp3) is 0.591. The zero-order valence-electron chi connectivity index (χ0n) is 17.2. The minimum Gasteiger partial charge on any atom is -0.352 e. The smallest absolute Gasteiger partial charge is 0.230 e. The SMILES string of the molecule is C[C@@H]1CCCC[C@@H]1NC(=O)CSc1nnc(CN2CCCC2)n1-c1ccccc1. The molecule has 0 unspecified atom stereocenters. The third kappa shape index (κ3) is 5.20. The minimum absolute atomic E-state index is 0.0949. The molecular formula is C22H31N5OS. The average Bonchev–Trinajstić information content (AvgIpc) is 3.39. The molecule has 1 amide bonds. The van der Waals surface area contributed by atoms with Gasteiger partial charge in [-0.05, 0) is 56.8 Å². The first-order valence-electron chi connectivity index (χ1n) is 10.8. The van der Waals surface area contributed by atoms with Crippen molar-refractivity contribution in [3.05, 3.63) is 36.2 Å². The third-order valence-corrected chi connectivity index (χ3v) is 7.00. The van der Waals surface area contributed by atoms with Gasteiger partial charge in [-0.2, -0.15) is 0 Å². The number of carbonyl (C=O) groups is 1. The number of rotatable bonds is 7. The first-order valence-corrected chi connectivity index (χ1v) is 11.8. The van der Waals surface area contributed by atoms with Gasteiger partial charge in [0.15, 0.2) is 11.0 Å². The average molecular weight is 414 g/mol. The summed E-state index contributed by atoms with van der Waals surface area (Å²) in [6.07, 6.45) is 7.30. The van der Waals surface area contributed by atoms with Crippen LogP contribution in [0.4, 0.5) is 0 Å². The van der Waals surface area contributed by atoms with E-state index in [1.165, 1.54) is 43.9 Å². The van der Waals surface area contributed by atoms with Gasteiger partial charge >= 0.3 is 0 Å². The van der Waals surface area contributed by atoms with Crippen LogP contribution < -0.4 is 5.32 Å². The topological polar surface area (TPSA) is 63.1 Å². The highest BCUT2D eigenvalue weighted by Crippen LogP contribution is 2.26. The maximum atomic E-state index is 12.6. The van der Waals surface area contributed by atoms with Crippen LogP contribution in [0.5, 0.6) is 0 Å². The molecule has 0 spiro atoms. The van der Waals surface area contributed by atoms with Crippen molar-refractivity contribution in [1.29, 1.82) is 0 Å². The van der Waals surface area contributed by atoms with Gasteiger partial charge in [0.1, 0.15) is 0 Å². The molecule has 6 nitrogen and oxygen atoms in total. The fourth-order valence-electron chi connectivity index (χ4n) is 4.38. The Balaban J connectivity index is 1.45. The number of thioether (sulfide) groups is 1. The molecule has 29 heavy (non-hydrogen) atoms. The molecule has 1 N–H and O–H groups in total. The second kappa shape index (κ2) is 9.76. The van der Waals surface area contributed by atoms with Gasteiger partial charge < -0.3 is 5.32 Å². The van der Waals surface area contributed by atoms with Gasteiger partial charge in [-0.3, -0.25) is 14.3 Å². The molecule has 1 aliphatic carbocycles. The number of aromatic nitrogens is 3. The van der Waals surface area contributed by atoms with Gasteiger partial charge in [0.25, 0.3) is 0 Å². The Morgan fingerprint density at radius 2 is 1.86 bits per heavy atom. The van der Waals surface area contributed by atoms with Crippen molar-refractivity contribution in [3.63, 3.8) is 0 Å². The lowest BCUT2D eigenvalue weighted by atomic mass is 9.86. The molecule has 4 rings (SSSR count). The number of hydrogen-bond acceptors (Lipinski definition) is 5. The van der Waals surface area contributed by atoms with Crippen LogP contribution in [0.2, 0.25) is 0 Å². The number of nitrogens with zero attached hydrogens (tertiary/aromatic N) is 4. The summed E-state index contributed by atoms with van der Waals surface area (Å²) < 4.78 is 2.11. The highest BCUT2D eigenvalue weighted by atomic mass is 32.2. The zero-order chi connectivity index (χ0) is 20.1. The van der Waals surface area contributed by atoms with Crippen LogP contribution in [0.25, 0.3) is 5.69 Å². The Hall–Kier alpha value is -1.86. The van der Waals surface area contributed by atoms with Gasteiger partial charge in [0, 0.05) is 11.7 Å². The van der Waals surface area contributed by atoms with Crippen LogP contribution in [0, 0.1) is 5.92 Å². The molecule has 7 heteroatoms. The molecule has 0 bridgehead atoms. The van der Waals surface area contributed by atoms with Gasteiger partial charge in [-0.15, -0.1) is 10.2 Å². The number of hydrogen-bond donors (Lipinski definition) is 1. The molecule has 2 heterocycles. The van der Waals surface area contributed by atoms with Crippen LogP contribution in [0.1, 0.15) is 51.3 Å². The second-order valence-electron chi connectivity index (χ2n) is 8.28. The number of amides is 1. The number of likely N-dealkylation sites (tertiary alicyclic amines) is 1. The van der Waals surface area contributed by atoms with Gasteiger partial charge in [0.05, 0.1) is 12.3 Å². The van der Waals surface area contributed by atoms with Crippen molar-refractivity contribution in [2.45, 2.75) is 63.2 Å². The van der Waals surface area contributed by atoms with Crippen LogP contribution in [-0.4, -0.2) is 50.5 Å². The molecule has 1 aromatic heterocycles. The lowest BCUT2D eigenvalue weighted by molar-refractivity contribution is -0.119. The number of para-hydroxylation sites is 1. The number of benzene rings is 1. The lowest BCUT2D eigenvalue weighted by Crippen LogP contribution is -2.41. The van der Waals surface area contributed by atoms with E-state index in [9.17, 15) is 4.79 Å². The third-order valence-electron chi connectivity index (χ3n) is 6.07. The molecule has 1 aliphatic heterocycles. The molecule has 2 aliphatic rings. The van der Waals surface area contributed by atoms with E-state index in [-0.39, 0.29) is 5.91 Å². The molecule has 2 atom stereocenters. The second-order valence-corrected chi connectivity index (χ2v) is 9.22. The monoisotopic (exact) mass is 413 g/mol. The van der Waals surface area contributed by atoms with Crippen molar-refractivity contribution in [1.82, 2.24) is 25.0 Å². The highest BCUT2D eigenvalue weighted by Gasteiger charge is 2.24. The molecule has 1 saturated heterocycles. The van der Waals surface area contributed by atoms with E-state index < -0.39 is 0 Å². The minimum atomic E-state index is 0.0949. The summed E-state index contributed by atoms with van der Waals surface area (Å²) in [5.74, 6) is 1.98. The van der Waals surface area contributed by atoms with Crippen LogP contribution in [-0.2, 0) is 11.3 Å². The Labute approximate surface area is 177 Å². The van der Waals surface area contributed by atoms with Crippen LogP contribution in [0.15, 0.2) is 35.5 Å². The molecule has 1 saturated carbocycles. The molecule has 2 aromatic rings. The zero-order valence-corrected chi connectivity index (χ0v) is 18.0. The summed E-state index contributed by atoms with van der Waals surface area (Å²) in [5, 5.41) is 12.9. The molecule has 2 fully saturated rings. The maximum absolute atomic E-state index is 12.6. The molecule has 0 radical (unpaired) electrons. The standard InChI is InChI=1S/C22H31N5OS/c1-17-9-5-6-12-19(17)23-21(28)16-29-22-25-24-20(15-26-13-7-8-14-26)27(22)18-10-3-2-4-11-18/h2-4,10-11,17,19H,5-9,12-16H2,1H3,(H,23,28)/t17-,19+/m1/s1. The number of carbonyl (C=O) groups excluding carboxylic acids is 1. The Bertz CT molecular complexity index is 803. The Morgan fingerprint density at radius 1 is 1.10 bits per heavy atom. The molecule has 156 valence electrons. The van der Waals surface area contributed by atoms with E-state index in [4.69, 9.17) is 0 Å². The summed E-state index contributed by atoms with van der Waals surface area (Å²) in [6, 6.07) is 10.5. The normalized spacial score (nSPS) is 22.7. The van der Waals surface area contributed by atoms with E-state index in [0.717, 1.165) is 42.7 Å². The predicted molar refractivity (Wildman–Crippen MR) is 116 cm³/mol. The molecule has 1 aromatic carbocycles. The summed E-state index contributed by atoms with van der Waals surface area (Å²) in [6.45, 7) is 5.28. The first kappa shape index (κ1) is 20.4. The summed E-state index contributed by atoms with van der Waals surface area (Å²) in [5.41, 5.74) is 1.05. The van der Waals surface area contributed by atoms with Gasteiger partial charge in [0.2, 0.25) is 5.91 Å². The first-order chi connectivity index (χ1) is 14.2. The highest BCUT2D eigenvalue weighted by molar-refractivity contribution is 7.99. The number of nitrogens with one attached hydrogen (secondary N) is 1. The summed E-state index contributed by atoms with van der Waals surface area (Å²) in [4.78, 5) is 15.0. The summed E-state index contributed by atoms with van der Waals surface area (Å²) in [7, 11) is 0. The van der Waals surface area contributed by atoms with Crippen molar-refractivity contribution in [3.8, 4) is 5.69 Å². The van der Waals surface area contributed by atoms with Gasteiger partial charge in [-0.25, -0.2) is 0 Å². The predicted octanol–water partition coefficient (Wildman–Crippen LogP) is 3.65. The quantitative estimate of drug-likeness (QED) is 0.702. The lowest BCUT2D eigenvalue weighted by Gasteiger charge is -2.29. The van der Waals surface area contributed by atoms with Crippen LogP contribution in [0.3, 0.4) is 0 Å². The van der Waals surface area contributed by atoms with Crippen LogP contribution >= 0.6 is 11.8 Å². The van der Waals surface area contributed by atoms with E-state index in [2.05, 4.69) is 44.0 Å². The van der Waals surface area contributed by atoms with Gasteiger partial charge in [-0.1, -0.05) is 49.7 Å². The van der Waals surface area contributed by atoms with Crippen molar-refractivity contribution >= 4 is 17.7 Å². The fourth-order valence-corrected chi connectivity index (χ4v) is 5.16. The Morgan fingerprint density at radius 3 is 2.62 bits per heavy atom. The van der Waals surface area contributed by atoms with E-state index >= 15 is 0 Å². The maximum Gasteiger partial charge on any atom is 0.230 e. The van der Waals surface area contributed by atoms with Crippen molar-refractivity contribution in [2.75, 3.05) is 18.8 Å². The van der Waals surface area contributed by atoms with E-state index in [1.807, 2.05) is 18.2 Å². The summed E-state index contributed by atoms with van der Waals surface area (Å²) >= 11 is 1.48. The van der Waals surface area contributed by atoms with E-state index in [0.29, 0.717) is 17.7 Å². The Kier molecular flexibility index (Phi) is 6.87. The molecular weight excluding hydrogens is 382 g/mol.